The smallest absolute Gasteiger partial charge is 0.249 e. The molecule has 0 atom stereocenters. The quantitative estimate of drug-likeness (QED) is 0.852. The van der Waals surface area contributed by atoms with Gasteiger partial charge in [0.1, 0.15) is 0 Å². The predicted octanol–water partition coefficient (Wildman–Crippen LogP) is 1.12. The summed E-state index contributed by atoms with van der Waals surface area (Å²) in [7, 11) is 1.83. The molecule has 17 heavy (non-hydrogen) atoms. The van der Waals surface area contributed by atoms with Crippen LogP contribution < -0.4 is 5.32 Å². The van der Waals surface area contributed by atoms with Crippen molar-refractivity contribution in [2.24, 2.45) is 0 Å². The van der Waals surface area contributed by atoms with Crippen molar-refractivity contribution in [3.05, 3.63) is 23.3 Å². The Balaban J connectivity index is 2.40. The number of rotatable bonds is 4. The van der Waals surface area contributed by atoms with Crippen LogP contribution in [-0.4, -0.2) is 27.4 Å². The summed E-state index contributed by atoms with van der Waals surface area (Å²) in [6.07, 6.45) is 0.784. The predicted molar refractivity (Wildman–Crippen MR) is 62.2 cm³/mol. The topological polar surface area (TPSA) is 76.7 Å². The molecule has 1 N–H and O–H groups in total. The third-order valence-corrected chi connectivity index (χ3v) is 2.35. The fourth-order valence-corrected chi connectivity index (χ4v) is 1.55. The first kappa shape index (κ1) is 11.7. The monoisotopic (exact) mass is 233 g/mol. The average Bonchev–Trinajstić information content (AvgIpc) is 2.78. The fourth-order valence-electron chi connectivity index (χ4n) is 1.55. The fraction of sp³-hybridized carbons (Fsp3) is 0.455. The van der Waals surface area contributed by atoms with Crippen molar-refractivity contribution in [3.63, 3.8) is 0 Å². The van der Waals surface area contributed by atoms with E-state index < -0.39 is 0 Å². The lowest BCUT2D eigenvalue weighted by Crippen LogP contribution is -2.04. The van der Waals surface area contributed by atoms with Crippen LogP contribution >= 0.6 is 0 Å². The van der Waals surface area contributed by atoms with Crippen LogP contribution in [-0.2, 0) is 13.0 Å². The molecule has 0 saturated heterocycles. The molecule has 0 saturated carbocycles. The van der Waals surface area contributed by atoms with Gasteiger partial charge in [0.05, 0.1) is 23.5 Å². The van der Waals surface area contributed by atoms with Crippen LogP contribution in [0.2, 0.25) is 0 Å². The van der Waals surface area contributed by atoms with E-state index in [1.54, 1.807) is 0 Å². The van der Waals surface area contributed by atoms with Crippen molar-refractivity contribution in [1.29, 1.82) is 0 Å². The number of aromatic nitrogens is 4. The zero-order valence-electron chi connectivity index (χ0n) is 10.2. The first-order chi connectivity index (χ1) is 8.24. The standard InChI is InChI=1S/C11H15N5O/c1-4-9-8(5-7(2)13-14-9)11-16-15-10(17-11)6-12-3/h5,12H,4,6H2,1-3H3. The normalized spacial score (nSPS) is 10.8. The Morgan fingerprint density at radius 3 is 2.76 bits per heavy atom. The molecular formula is C11H15N5O. The van der Waals surface area contributed by atoms with Crippen LogP contribution in [0.25, 0.3) is 11.5 Å². The molecule has 0 aliphatic rings. The van der Waals surface area contributed by atoms with Crippen LogP contribution in [0, 0.1) is 6.92 Å². The van der Waals surface area contributed by atoms with Gasteiger partial charge in [0.25, 0.3) is 0 Å². The summed E-state index contributed by atoms with van der Waals surface area (Å²) in [6.45, 7) is 4.47. The van der Waals surface area contributed by atoms with Gasteiger partial charge in [0, 0.05) is 0 Å². The first-order valence-electron chi connectivity index (χ1n) is 5.55. The van der Waals surface area contributed by atoms with E-state index in [0.717, 1.165) is 23.4 Å². The first-order valence-corrected chi connectivity index (χ1v) is 5.55. The Morgan fingerprint density at radius 2 is 2.06 bits per heavy atom. The minimum Gasteiger partial charge on any atom is -0.419 e. The summed E-state index contributed by atoms with van der Waals surface area (Å²) in [5, 5.41) is 19.1. The number of nitrogens with one attached hydrogen (secondary N) is 1. The maximum absolute atomic E-state index is 5.56. The van der Waals surface area contributed by atoms with Crippen molar-refractivity contribution < 1.29 is 4.42 Å². The van der Waals surface area contributed by atoms with Gasteiger partial charge in [-0.15, -0.1) is 10.2 Å². The van der Waals surface area contributed by atoms with E-state index in [0.29, 0.717) is 18.3 Å². The molecule has 0 unspecified atom stereocenters. The molecule has 0 aliphatic heterocycles. The zero-order valence-corrected chi connectivity index (χ0v) is 10.2. The highest BCUT2D eigenvalue weighted by Crippen LogP contribution is 2.21. The Labute approximate surface area is 99.5 Å². The van der Waals surface area contributed by atoms with Gasteiger partial charge in [0.15, 0.2) is 0 Å². The van der Waals surface area contributed by atoms with Gasteiger partial charge in [-0.1, -0.05) is 6.92 Å². The van der Waals surface area contributed by atoms with Gasteiger partial charge in [0.2, 0.25) is 11.8 Å². The molecule has 2 heterocycles. The number of hydrogen-bond acceptors (Lipinski definition) is 6. The molecule has 0 spiro atoms. The summed E-state index contributed by atoms with van der Waals surface area (Å²) < 4.78 is 5.56. The zero-order chi connectivity index (χ0) is 12.3. The summed E-state index contributed by atoms with van der Waals surface area (Å²) in [5.74, 6) is 1.07. The average molecular weight is 233 g/mol. The van der Waals surface area contributed by atoms with Crippen molar-refractivity contribution in [2.75, 3.05) is 7.05 Å². The maximum Gasteiger partial charge on any atom is 0.249 e. The minimum atomic E-state index is 0.505. The summed E-state index contributed by atoms with van der Waals surface area (Å²) in [5.41, 5.74) is 2.58. The highest BCUT2D eigenvalue weighted by Gasteiger charge is 2.13. The lowest BCUT2D eigenvalue weighted by molar-refractivity contribution is 0.489. The van der Waals surface area contributed by atoms with Gasteiger partial charge in [-0.25, -0.2) is 0 Å². The van der Waals surface area contributed by atoms with E-state index in [1.165, 1.54) is 0 Å². The molecule has 90 valence electrons. The Kier molecular flexibility index (Phi) is 3.43. The van der Waals surface area contributed by atoms with Gasteiger partial charge in [-0.2, -0.15) is 10.2 Å². The Bertz CT molecular complexity index is 508. The van der Waals surface area contributed by atoms with E-state index in [2.05, 4.69) is 25.7 Å². The van der Waals surface area contributed by atoms with E-state index in [-0.39, 0.29) is 0 Å². The van der Waals surface area contributed by atoms with Crippen LogP contribution in [0.3, 0.4) is 0 Å². The van der Waals surface area contributed by atoms with Gasteiger partial charge in [-0.05, 0) is 26.5 Å². The third kappa shape index (κ3) is 2.47. The van der Waals surface area contributed by atoms with Gasteiger partial charge in [-0.3, -0.25) is 0 Å². The van der Waals surface area contributed by atoms with Crippen LogP contribution in [0.5, 0.6) is 0 Å². The largest absolute Gasteiger partial charge is 0.419 e. The van der Waals surface area contributed by atoms with Crippen molar-refractivity contribution in [2.45, 2.75) is 26.8 Å². The van der Waals surface area contributed by atoms with Crippen molar-refractivity contribution in [3.8, 4) is 11.5 Å². The van der Waals surface area contributed by atoms with Gasteiger partial charge < -0.3 is 9.73 Å². The van der Waals surface area contributed by atoms with E-state index in [1.807, 2.05) is 27.0 Å². The highest BCUT2D eigenvalue weighted by atomic mass is 16.4. The molecule has 6 heteroatoms. The number of nitrogens with zero attached hydrogens (tertiary/aromatic N) is 4. The minimum absolute atomic E-state index is 0.505. The van der Waals surface area contributed by atoms with Crippen LogP contribution in [0.15, 0.2) is 10.5 Å². The Hall–Kier alpha value is -1.82. The molecule has 2 aromatic heterocycles. The van der Waals surface area contributed by atoms with E-state index in [4.69, 9.17) is 4.42 Å². The summed E-state index contributed by atoms with van der Waals surface area (Å²) >= 11 is 0. The second-order valence-corrected chi connectivity index (χ2v) is 3.73. The number of hydrogen-bond donors (Lipinski definition) is 1. The summed E-state index contributed by atoms with van der Waals surface area (Å²) in [6, 6.07) is 1.92. The molecule has 0 aromatic carbocycles. The van der Waals surface area contributed by atoms with Gasteiger partial charge >= 0.3 is 0 Å². The van der Waals surface area contributed by atoms with Crippen molar-refractivity contribution in [1.82, 2.24) is 25.7 Å². The lowest BCUT2D eigenvalue weighted by atomic mass is 10.1. The van der Waals surface area contributed by atoms with Crippen LogP contribution in [0.4, 0.5) is 0 Å². The summed E-state index contributed by atoms with van der Waals surface area (Å²) in [4.78, 5) is 0. The maximum atomic E-state index is 5.56. The van der Waals surface area contributed by atoms with E-state index >= 15 is 0 Å². The molecule has 0 amide bonds. The molecule has 6 nitrogen and oxygen atoms in total. The van der Waals surface area contributed by atoms with E-state index in [9.17, 15) is 0 Å². The molecule has 2 aromatic rings. The Morgan fingerprint density at radius 1 is 1.24 bits per heavy atom. The molecular weight excluding hydrogens is 218 g/mol. The lowest BCUT2D eigenvalue weighted by Gasteiger charge is -2.02. The molecule has 0 radical (unpaired) electrons. The molecule has 0 aliphatic carbocycles. The molecule has 0 bridgehead atoms. The second kappa shape index (κ2) is 5.01. The van der Waals surface area contributed by atoms with Crippen LogP contribution in [0.1, 0.15) is 24.2 Å². The third-order valence-electron chi connectivity index (χ3n) is 2.35. The van der Waals surface area contributed by atoms with Crippen molar-refractivity contribution >= 4 is 0 Å². The SMILES string of the molecule is CCc1nnc(C)cc1-c1nnc(CNC)o1. The second-order valence-electron chi connectivity index (χ2n) is 3.73. The molecule has 0 fully saturated rings. The highest BCUT2D eigenvalue weighted by molar-refractivity contribution is 5.56. The molecule has 2 rings (SSSR count). The number of aryl methyl sites for hydroxylation is 2.